The van der Waals surface area contributed by atoms with Crippen LogP contribution in [-0.4, -0.2) is 39.8 Å². The molecular formula is C21H24O5. The SMILES string of the molecule is C[C@]12C=CC(=O)C=C1CC[C@@H]1[C@@H]2C(=O)C[C@@]2(C)[C@H]1C=C[C@]2(O)C(=O)CO. The van der Waals surface area contributed by atoms with Gasteiger partial charge in [-0.05, 0) is 42.9 Å². The highest BCUT2D eigenvalue weighted by Crippen LogP contribution is 2.63. The Morgan fingerprint density at radius 2 is 2.00 bits per heavy atom. The van der Waals surface area contributed by atoms with E-state index in [1.54, 1.807) is 19.1 Å². The van der Waals surface area contributed by atoms with E-state index in [4.69, 9.17) is 0 Å². The van der Waals surface area contributed by atoms with Crippen LogP contribution in [0.5, 0.6) is 0 Å². The molecule has 0 radical (unpaired) electrons. The van der Waals surface area contributed by atoms with Crippen molar-refractivity contribution in [3.8, 4) is 0 Å². The van der Waals surface area contributed by atoms with Crippen molar-refractivity contribution in [3.63, 3.8) is 0 Å². The number of allylic oxidation sites excluding steroid dienone is 5. The van der Waals surface area contributed by atoms with Gasteiger partial charge in [0.1, 0.15) is 18.0 Å². The summed E-state index contributed by atoms with van der Waals surface area (Å²) in [6.45, 7) is 3.05. The lowest BCUT2D eigenvalue weighted by Gasteiger charge is -2.56. The molecule has 0 aromatic heterocycles. The van der Waals surface area contributed by atoms with E-state index >= 15 is 0 Å². The summed E-state index contributed by atoms with van der Waals surface area (Å²) in [5.74, 6) is -1.05. The first-order valence-electron chi connectivity index (χ1n) is 9.20. The molecule has 0 aromatic rings. The molecule has 4 aliphatic carbocycles. The number of Topliss-reactive ketones (excluding diaryl/α,β-unsaturated/α-hetero) is 2. The van der Waals surface area contributed by atoms with E-state index in [1.165, 1.54) is 6.08 Å². The van der Waals surface area contributed by atoms with Crippen molar-refractivity contribution in [3.05, 3.63) is 36.0 Å². The van der Waals surface area contributed by atoms with Gasteiger partial charge in [-0.15, -0.1) is 0 Å². The Hall–Kier alpha value is -1.85. The fourth-order valence-corrected chi connectivity index (χ4v) is 6.05. The van der Waals surface area contributed by atoms with Crippen LogP contribution in [0.1, 0.15) is 33.1 Å². The minimum atomic E-state index is -1.80. The van der Waals surface area contributed by atoms with E-state index in [-0.39, 0.29) is 35.7 Å². The molecule has 138 valence electrons. The number of carbonyl (C=O) groups is 3. The van der Waals surface area contributed by atoms with Crippen LogP contribution < -0.4 is 0 Å². The van der Waals surface area contributed by atoms with E-state index in [9.17, 15) is 24.6 Å². The molecular weight excluding hydrogens is 332 g/mol. The molecule has 6 atom stereocenters. The lowest BCUT2D eigenvalue weighted by molar-refractivity contribution is -0.164. The fourth-order valence-electron chi connectivity index (χ4n) is 6.05. The van der Waals surface area contributed by atoms with E-state index < -0.39 is 28.8 Å². The van der Waals surface area contributed by atoms with Gasteiger partial charge in [0.2, 0.25) is 0 Å². The molecule has 0 amide bonds. The molecule has 26 heavy (non-hydrogen) atoms. The highest BCUT2D eigenvalue weighted by molar-refractivity contribution is 6.02. The van der Waals surface area contributed by atoms with Gasteiger partial charge in [0.15, 0.2) is 11.6 Å². The number of aliphatic hydroxyl groups is 2. The number of hydrogen-bond acceptors (Lipinski definition) is 5. The Kier molecular flexibility index (Phi) is 3.60. The van der Waals surface area contributed by atoms with Crippen LogP contribution >= 0.6 is 0 Å². The zero-order valence-corrected chi connectivity index (χ0v) is 15.1. The molecule has 5 nitrogen and oxygen atoms in total. The molecule has 0 aromatic carbocycles. The summed E-state index contributed by atoms with van der Waals surface area (Å²) >= 11 is 0. The van der Waals surface area contributed by atoms with Crippen molar-refractivity contribution in [1.29, 1.82) is 0 Å². The van der Waals surface area contributed by atoms with Gasteiger partial charge in [-0.25, -0.2) is 0 Å². The zero-order chi connectivity index (χ0) is 18.9. The van der Waals surface area contributed by atoms with Crippen molar-refractivity contribution in [2.45, 2.75) is 38.7 Å². The molecule has 5 heteroatoms. The van der Waals surface area contributed by atoms with Crippen molar-refractivity contribution >= 4 is 17.3 Å². The maximum absolute atomic E-state index is 13.3. The Balaban J connectivity index is 1.77. The van der Waals surface area contributed by atoms with E-state index in [2.05, 4.69) is 0 Å². The largest absolute Gasteiger partial charge is 0.388 e. The van der Waals surface area contributed by atoms with Crippen LogP contribution in [-0.2, 0) is 14.4 Å². The summed E-state index contributed by atoms with van der Waals surface area (Å²) in [7, 11) is 0. The average molecular weight is 356 g/mol. The minimum Gasteiger partial charge on any atom is -0.388 e. The maximum Gasteiger partial charge on any atom is 0.194 e. The Morgan fingerprint density at radius 1 is 1.27 bits per heavy atom. The van der Waals surface area contributed by atoms with Crippen LogP contribution in [0, 0.1) is 28.6 Å². The second-order valence-electron chi connectivity index (χ2n) is 8.66. The molecule has 0 saturated heterocycles. The third-order valence-electron chi connectivity index (χ3n) is 7.49. The number of carbonyl (C=O) groups excluding carboxylic acids is 3. The van der Waals surface area contributed by atoms with E-state index in [0.717, 1.165) is 18.4 Å². The monoisotopic (exact) mass is 356 g/mol. The van der Waals surface area contributed by atoms with Gasteiger partial charge in [-0.3, -0.25) is 14.4 Å². The summed E-state index contributed by atoms with van der Waals surface area (Å²) in [6, 6.07) is 0. The van der Waals surface area contributed by atoms with Gasteiger partial charge in [0.25, 0.3) is 0 Å². The zero-order valence-electron chi connectivity index (χ0n) is 15.1. The Bertz CT molecular complexity index is 805. The first-order chi connectivity index (χ1) is 12.2. The molecule has 0 heterocycles. The third-order valence-corrected chi connectivity index (χ3v) is 7.49. The van der Waals surface area contributed by atoms with Gasteiger partial charge >= 0.3 is 0 Å². The molecule has 0 unspecified atom stereocenters. The number of aliphatic hydroxyl groups excluding tert-OH is 1. The van der Waals surface area contributed by atoms with Gasteiger partial charge in [-0.2, -0.15) is 0 Å². The van der Waals surface area contributed by atoms with Gasteiger partial charge in [0, 0.05) is 23.2 Å². The van der Waals surface area contributed by atoms with Crippen LogP contribution in [0.25, 0.3) is 0 Å². The number of ketones is 3. The summed E-state index contributed by atoms with van der Waals surface area (Å²) in [6.07, 6.45) is 9.98. The molecule has 2 saturated carbocycles. The quantitative estimate of drug-likeness (QED) is 0.733. The van der Waals surface area contributed by atoms with E-state index in [0.29, 0.717) is 0 Å². The van der Waals surface area contributed by atoms with Gasteiger partial charge in [0.05, 0.1) is 0 Å². The summed E-state index contributed by atoms with van der Waals surface area (Å²) in [5.41, 5.74) is -2.21. The third kappa shape index (κ3) is 1.96. The molecule has 0 bridgehead atoms. The standard InChI is InChI=1S/C21H24O5/c1-19-7-5-13(23)9-12(19)3-4-14-15-6-8-21(26,17(25)11-22)20(15,2)10-16(24)18(14)19/h5-9,14-15,18,22,26H,3-4,10-11H2,1-2H3/t14-,15-,18+,19-,20-,21-/m0/s1. The van der Waals surface area contributed by atoms with Crippen molar-refractivity contribution < 1.29 is 24.6 Å². The first-order valence-corrected chi connectivity index (χ1v) is 9.20. The predicted octanol–water partition coefficient (Wildman–Crippen LogP) is 1.54. The Morgan fingerprint density at radius 3 is 2.69 bits per heavy atom. The molecule has 0 spiro atoms. The number of fused-ring (bicyclic) bond motifs is 5. The summed E-state index contributed by atoms with van der Waals surface area (Å²) < 4.78 is 0. The molecule has 0 aliphatic heterocycles. The van der Waals surface area contributed by atoms with E-state index in [1.807, 2.05) is 19.1 Å². The lowest BCUT2D eigenvalue weighted by atomic mass is 9.46. The molecule has 2 fully saturated rings. The topological polar surface area (TPSA) is 91.7 Å². The molecule has 4 aliphatic rings. The Labute approximate surface area is 152 Å². The second kappa shape index (κ2) is 5.33. The van der Waals surface area contributed by atoms with Crippen molar-refractivity contribution in [2.75, 3.05) is 6.61 Å². The average Bonchev–Trinajstić information content (AvgIpc) is 2.86. The first kappa shape index (κ1) is 17.6. The van der Waals surface area contributed by atoms with Crippen molar-refractivity contribution in [2.24, 2.45) is 28.6 Å². The normalized spacial score (nSPS) is 46.5. The molecule has 2 N–H and O–H groups in total. The van der Waals surface area contributed by atoms with Crippen LogP contribution in [0.2, 0.25) is 0 Å². The second-order valence-corrected chi connectivity index (χ2v) is 8.66. The number of rotatable bonds is 2. The van der Waals surface area contributed by atoms with Crippen molar-refractivity contribution in [1.82, 2.24) is 0 Å². The summed E-state index contributed by atoms with van der Waals surface area (Å²) in [5, 5.41) is 20.3. The fraction of sp³-hybridized carbons (Fsp3) is 0.571. The highest BCUT2D eigenvalue weighted by Gasteiger charge is 2.66. The number of hydrogen-bond donors (Lipinski definition) is 2. The van der Waals surface area contributed by atoms with Crippen LogP contribution in [0.4, 0.5) is 0 Å². The lowest BCUT2D eigenvalue weighted by Crippen LogP contribution is -2.61. The minimum absolute atomic E-state index is 0.00183. The smallest absolute Gasteiger partial charge is 0.194 e. The van der Waals surface area contributed by atoms with Gasteiger partial charge < -0.3 is 10.2 Å². The highest BCUT2D eigenvalue weighted by atomic mass is 16.3. The van der Waals surface area contributed by atoms with Gasteiger partial charge in [-0.1, -0.05) is 31.6 Å². The summed E-state index contributed by atoms with van der Waals surface area (Å²) in [4.78, 5) is 37.3. The van der Waals surface area contributed by atoms with Crippen LogP contribution in [0.15, 0.2) is 36.0 Å². The maximum atomic E-state index is 13.3. The predicted molar refractivity (Wildman–Crippen MR) is 94.0 cm³/mol. The molecule has 4 rings (SSSR count). The van der Waals surface area contributed by atoms with Crippen LogP contribution in [0.3, 0.4) is 0 Å².